The topological polar surface area (TPSA) is 49.3 Å². The molecule has 2 rings (SSSR count). The van der Waals surface area contributed by atoms with E-state index in [1.165, 1.54) is 32.1 Å². The molecule has 1 atom stereocenters. The van der Waals surface area contributed by atoms with E-state index in [1.807, 2.05) is 30.3 Å². The Morgan fingerprint density at radius 3 is 2.53 bits per heavy atom. The Morgan fingerprint density at radius 1 is 1.21 bits per heavy atom. The van der Waals surface area contributed by atoms with Crippen LogP contribution in [0.3, 0.4) is 0 Å². The summed E-state index contributed by atoms with van der Waals surface area (Å²) in [5.74, 6) is -0.0916. The summed E-state index contributed by atoms with van der Waals surface area (Å²) < 4.78 is 0. The minimum atomic E-state index is -0.750. The summed E-state index contributed by atoms with van der Waals surface area (Å²) in [6.45, 7) is 0.837. The van der Waals surface area contributed by atoms with E-state index in [9.17, 15) is 9.90 Å². The number of hydrogen-bond acceptors (Lipinski definition) is 2. The van der Waals surface area contributed by atoms with Crippen molar-refractivity contribution in [2.75, 3.05) is 6.54 Å². The van der Waals surface area contributed by atoms with E-state index in [0.29, 0.717) is 12.3 Å². The highest BCUT2D eigenvalue weighted by Crippen LogP contribution is 2.22. The number of aliphatic carboxylic acids is 1. The van der Waals surface area contributed by atoms with Crippen molar-refractivity contribution in [2.24, 2.45) is 5.92 Å². The molecule has 1 saturated carbocycles. The van der Waals surface area contributed by atoms with Crippen molar-refractivity contribution in [3.8, 4) is 0 Å². The molecule has 0 spiro atoms. The fraction of sp³-hybridized carbons (Fsp3) is 0.562. The predicted molar refractivity (Wildman–Crippen MR) is 76.1 cm³/mol. The van der Waals surface area contributed by atoms with Gasteiger partial charge in [0.2, 0.25) is 0 Å². The van der Waals surface area contributed by atoms with Gasteiger partial charge in [-0.2, -0.15) is 0 Å². The molecular weight excluding hydrogens is 238 g/mol. The van der Waals surface area contributed by atoms with Crippen molar-refractivity contribution in [1.82, 2.24) is 5.32 Å². The van der Waals surface area contributed by atoms with E-state index in [2.05, 4.69) is 5.32 Å². The monoisotopic (exact) mass is 261 g/mol. The molecule has 0 aliphatic heterocycles. The third kappa shape index (κ3) is 4.67. The summed E-state index contributed by atoms with van der Waals surface area (Å²) in [6.07, 6.45) is 6.96. The lowest BCUT2D eigenvalue weighted by atomic mass is 9.89. The lowest BCUT2D eigenvalue weighted by Gasteiger charge is -2.24. The van der Waals surface area contributed by atoms with E-state index in [4.69, 9.17) is 0 Å². The van der Waals surface area contributed by atoms with Crippen LogP contribution in [0.4, 0.5) is 0 Å². The third-order valence-electron chi connectivity index (χ3n) is 3.96. The molecule has 1 fully saturated rings. The van der Waals surface area contributed by atoms with E-state index in [0.717, 1.165) is 12.1 Å². The number of rotatable bonds is 6. The van der Waals surface area contributed by atoms with Crippen LogP contribution in [0.5, 0.6) is 0 Å². The van der Waals surface area contributed by atoms with E-state index >= 15 is 0 Å². The van der Waals surface area contributed by atoms with Gasteiger partial charge in [0.05, 0.1) is 0 Å². The third-order valence-corrected chi connectivity index (χ3v) is 3.96. The molecule has 1 aliphatic rings. The normalized spacial score (nSPS) is 18.1. The molecule has 1 aromatic rings. The van der Waals surface area contributed by atoms with Gasteiger partial charge in [0.25, 0.3) is 0 Å². The number of benzene rings is 1. The summed E-state index contributed by atoms with van der Waals surface area (Å²) in [5, 5.41) is 12.5. The van der Waals surface area contributed by atoms with E-state index < -0.39 is 12.0 Å². The Hall–Kier alpha value is -1.35. The molecule has 0 bridgehead atoms. The second kappa shape index (κ2) is 7.29. The maximum atomic E-state index is 11.3. The van der Waals surface area contributed by atoms with Gasteiger partial charge in [0.1, 0.15) is 6.04 Å². The molecular formula is C16H23NO2. The standard InChI is InChI=1S/C16H23NO2/c18-16(19)15(11-13-7-3-1-4-8-13)17-12-14-9-5-2-6-10-14/h1,3-4,7-8,14-15,17H,2,5-6,9-12H2,(H,18,19)/t15-/m1/s1. The zero-order valence-electron chi connectivity index (χ0n) is 11.3. The molecule has 3 heteroatoms. The van der Waals surface area contributed by atoms with Crippen molar-refractivity contribution in [3.05, 3.63) is 35.9 Å². The molecule has 0 heterocycles. The van der Waals surface area contributed by atoms with Crippen LogP contribution in [-0.4, -0.2) is 23.7 Å². The Bertz CT molecular complexity index is 385. The van der Waals surface area contributed by atoms with Crippen LogP contribution in [0.2, 0.25) is 0 Å². The first-order valence-corrected chi connectivity index (χ1v) is 7.26. The smallest absolute Gasteiger partial charge is 0.321 e. The summed E-state index contributed by atoms with van der Waals surface area (Å²) in [4.78, 5) is 11.3. The maximum absolute atomic E-state index is 11.3. The Balaban J connectivity index is 1.84. The molecule has 3 nitrogen and oxygen atoms in total. The first kappa shape index (κ1) is 14.1. The van der Waals surface area contributed by atoms with Crippen molar-refractivity contribution in [1.29, 1.82) is 0 Å². The summed E-state index contributed by atoms with van der Waals surface area (Å²) >= 11 is 0. The van der Waals surface area contributed by atoms with Gasteiger partial charge in [-0.1, -0.05) is 49.6 Å². The van der Waals surface area contributed by atoms with Crippen LogP contribution in [0.15, 0.2) is 30.3 Å². The first-order valence-electron chi connectivity index (χ1n) is 7.26. The van der Waals surface area contributed by atoms with Gasteiger partial charge in [-0.25, -0.2) is 0 Å². The van der Waals surface area contributed by atoms with E-state index in [-0.39, 0.29) is 0 Å². The fourth-order valence-corrected chi connectivity index (χ4v) is 2.80. The predicted octanol–water partition coefficient (Wildman–Crippen LogP) is 2.85. The molecule has 19 heavy (non-hydrogen) atoms. The number of carboxylic acid groups (broad SMARTS) is 1. The van der Waals surface area contributed by atoms with Crippen LogP contribution in [0.1, 0.15) is 37.7 Å². The van der Waals surface area contributed by atoms with Crippen molar-refractivity contribution >= 4 is 5.97 Å². The van der Waals surface area contributed by atoms with Crippen molar-refractivity contribution < 1.29 is 9.90 Å². The van der Waals surface area contributed by atoms with E-state index in [1.54, 1.807) is 0 Å². The highest BCUT2D eigenvalue weighted by molar-refractivity contribution is 5.73. The second-order valence-electron chi connectivity index (χ2n) is 5.49. The molecule has 1 aromatic carbocycles. The lowest BCUT2D eigenvalue weighted by Crippen LogP contribution is -2.41. The van der Waals surface area contributed by atoms with Crippen LogP contribution in [0, 0.1) is 5.92 Å². The summed E-state index contributed by atoms with van der Waals surface area (Å²) in [6, 6.07) is 9.36. The zero-order chi connectivity index (χ0) is 13.5. The average Bonchev–Trinajstić information content (AvgIpc) is 2.45. The molecule has 0 radical (unpaired) electrons. The number of hydrogen-bond donors (Lipinski definition) is 2. The quantitative estimate of drug-likeness (QED) is 0.828. The van der Waals surface area contributed by atoms with Crippen LogP contribution >= 0.6 is 0 Å². The highest BCUT2D eigenvalue weighted by Gasteiger charge is 2.20. The SMILES string of the molecule is O=C(O)[C@@H](Cc1ccccc1)NCC1CCCCC1. The van der Waals surface area contributed by atoms with Gasteiger partial charge in [0, 0.05) is 0 Å². The Morgan fingerprint density at radius 2 is 1.89 bits per heavy atom. The molecule has 2 N–H and O–H groups in total. The Kier molecular flexibility index (Phi) is 5.40. The number of carboxylic acids is 1. The van der Waals surface area contributed by atoms with Crippen LogP contribution in [0.25, 0.3) is 0 Å². The van der Waals surface area contributed by atoms with Crippen LogP contribution in [-0.2, 0) is 11.2 Å². The minimum absolute atomic E-state index is 0.468. The molecule has 1 aliphatic carbocycles. The molecule has 0 unspecified atom stereocenters. The van der Waals surface area contributed by atoms with Crippen molar-refractivity contribution in [2.45, 2.75) is 44.6 Å². The lowest BCUT2D eigenvalue weighted by molar-refractivity contribution is -0.139. The molecule has 104 valence electrons. The molecule has 0 aromatic heterocycles. The van der Waals surface area contributed by atoms with Crippen LogP contribution < -0.4 is 5.32 Å². The van der Waals surface area contributed by atoms with Gasteiger partial charge < -0.3 is 10.4 Å². The largest absolute Gasteiger partial charge is 0.480 e. The molecule has 0 amide bonds. The van der Waals surface area contributed by atoms with Gasteiger partial charge >= 0.3 is 5.97 Å². The van der Waals surface area contributed by atoms with Gasteiger partial charge in [-0.3, -0.25) is 4.79 Å². The molecule has 0 saturated heterocycles. The average molecular weight is 261 g/mol. The minimum Gasteiger partial charge on any atom is -0.480 e. The highest BCUT2D eigenvalue weighted by atomic mass is 16.4. The summed E-state index contributed by atoms with van der Waals surface area (Å²) in [7, 11) is 0. The second-order valence-corrected chi connectivity index (χ2v) is 5.49. The first-order chi connectivity index (χ1) is 9.25. The zero-order valence-corrected chi connectivity index (χ0v) is 11.3. The van der Waals surface area contributed by atoms with Gasteiger partial charge in [-0.05, 0) is 37.3 Å². The summed E-state index contributed by atoms with van der Waals surface area (Å²) in [5.41, 5.74) is 1.08. The van der Waals surface area contributed by atoms with Crippen molar-refractivity contribution in [3.63, 3.8) is 0 Å². The Labute approximate surface area is 115 Å². The fourth-order valence-electron chi connectivity index (χ4n) is 2.80. The van der Waals surface area contributed by atoms with Gasteiger partial charge in [-0.15, -0.1) is 0 Å². The number of carbonyl (C=O) groups is 1. The maximum Gasteiger partial charge on any atom is 0.321 e. The number of nitrogens with one attached hydrogen (secondary N) is 1. The van der Waals surface area contributed by atoms with Gasteiger partial charge in [0.15, 0.2) is 0 Å².